The molecule has 2 aromatic rings. The van der Waals surface area contributed by atoms with Gasteiger partial charge in [-0.25, -0.2) is 15.0 Å². The quantitative estimate of drug-likeness (QED) is 0.821. The Hall–Kier alpha value is -1.38. The smallest absolute Gasteiger partial charge is 0.166 e. The third kappa shape index (κ3) is 2.46. The van der Waals surface area contributed by atoms with Gasteiger partial charge in [0.15, 0.2) is 11.5 Å². The SMILES string of the molecule is CSCC1CN(Cn2cnc3c(N)ncnc32)C[C@@H]1O. The van der Waals surface area contributed by atoms with Gasteiger partial charge in [-0.3, -0.25) is 4.90 Å². The van der Waals surface area contributed by atoms with Crippen LogP contribution in [-0.2, 0) is 6.67 Å². The lowest BCUT2D eigenvalue weighted by molar-refractivity contribution is 0.145. The Morgan fingerprint density at radius 2 is 2.25 bits per heavy atom. The third-order valence-electron chi connectivity index (χ3n) is 3.64. The second-order valence-corrected chi connectivity index (χ2v) is 6.02. The number of aliphatic hydroxyl groups is 1. The van der Waals surface area contributed by atoms with E-state index in [0.717, 1.165) is 17.9 Å². The molecule has 108 valence electrons. The van der Waals surface area contributed by atoms with Gasteiger partial charge in [0.25, 0.3) is 0 Å². The molecule has 0 bridgehead atoms. The molecule has 0 aromatic carbocycles. The van der Waals surface area contributed by atoms with Crippen molar-refractivity contribution in [3.63, 3.8) is 0 Å². The lowest BCUT2D eigenvalue weighted by atomic mass is 10.1. The number of nitrogen functional groups attached to an aromatic ring is 1. The Labute approximate surface area is 121 Å². The first-order valence-corrected chi connectivity index (χ1v) is 7.89. The molecule has 1 unspecified atom stereocenters. The minimum absolute atomic E-state index is 0.253. The number of hydrogen-bond acceptors (Lipinski definition) is 7. The van der Waals surface area contributed by atoms with Crippen LogP contribution in [0.15, 0.2) is 12.7 Å². The Bertz CT molecular complexity index is 603. The summed E-state index contributed by atoms with van der Waals surface area (Å²) in [7, 11) is 0. The number of aromatic nitrogens is 4. The molecule has 0 amide bonds. The van der Waals surface area contributed by atoms with Crippen molar-refractivity contribution in [2.45, 2.75) is 12.8 Å². The van der Waals surface area contributed by atoms with Crippen LogP contribution in [0.4, 0.5) is 5.82 Å². The Kier molecular flexibility index (Phi) is 3.77. The molecule has 1 aliphatic heterocycles. The van der Waals surface area contributed by atoms with E-state index in [1.165, 1.54) is 6.33 Å². The first kappa shape index (κ1) is 13.6. The molecule has 0 saturated carbocycles. The van der Waals surface area contributed by atoms with Crippen LogP contribution in [0.25, 0.3) is 11.2 Å². The summed E-state index contributed by atoms with van der Waals surface area (Å²) in [6.45, 7) is 2.24. The number of aliphatic hydroxyl groups excluding tert-OH is 1. The predicted molar refractivity (Wildman–Crippen MR) is 79.2 cm³/mol. The van der Waals surface area contributed by atoms with Crippen LogP contribution >= 0.6 is 11.8 Å². The Morgan fingerprint density at radius 1 is 1.40 bits per heavy atom. The summed E-state index contributed by atoms with van der Waals surface area (Å²) >= 11 is 1.77. The van der Waals surface area contributed by atoms with Crippen LogP contribution in [0.5, 0.6) is 0 Å². The number of fused-ring (bicyclic) bond motifs is 1. The van der Waals surface area contributed by atoms with Crippen molar-refractivity contribution in [1.29, 1.82) is 0 Å². The number of imidazole rings is 1. The molecule has 1 saturated heterocycles. The number of nitrogens with two attached hydrogens (primary N) is 1. The second-order valence-electron chi connectivity index (χ2n) is 5.11. The van der Waals surface area contributed by atoms with Gasteiger partial charge in [-0.15, -0.1) is 0 Å². The van der Waals surface area contributed by atoms with Crippen molar-refractivity contribution >= 4 is 28.7 Å². The van der Waals surface area contributed by atoms with Crippen LogP contribution in [0.2, 0.25) is 0 Å². The molecule has 3 N–H and O–H groups in total. The van der Waals surface area contributed by atoms with E-state index in [1.807, 2.05) is 4.57 Å². The van der Waals surface area contributed by atoms with E-state index in [-0.39, 0.29) is 6.10 Å². The van der Waals surface area contributed by atoms with Crippen LogP contribution in [0, 0.1) is 5.92 Å². The fourth-order valence-corrected chi connectivity index (χ4v) is 3.41. The van der Waals surface area contributed by atoms with E-state index in [0.29, 0.717) is 30.5 Å². The van der Waals surface area contributed by atoms with Crippen molar-refractivity contribution in [3.8, 4) is 0 Å². The van der Waals surface area contributed by atoms with Gasteiger partial charge in [-0.1, -0.05) is 0 Å². The fourth-order valence-electron chi connectivity index (χ4n) is 2.65. The number of rotatable bonds is 4. The lowest BCUT2D eigenvalue weighted by Gasteiger charge is -2.16. The van der Waals surface area contributed by atoms with Crippen LogP contribution in [0.1, 0.15) is 0 Å². The molecule has 0 radical (unpaired) electrons. The summed E-state index contributed by atoms with van der Waals surface area (Å²) in [6.07, 6.45) is 4.99. The molecular formula is C12H18N6OS. The summed E-state index contributed by atoms with van der Waals surface area (Å²) in [6, 6.07) is 0. The largest absolute Gasteiger partial charge is 0.391 e. The summed E-state index contributed by atoms with van der Waals surface area (Å²) in [5, 5.41) is 10.1. The lowest BCUT2D eigenvalue weighted by Crippen LogP contribution is -2.24. The van der Waals surface area contributed by atoms with E-state index < -0.39 is 0 Å². The molecule has 3 heterocycles. The van der Waals surface area contributed by atoms with E-state index >= 15 is 0 Å². The van der Waals surface area contributed by atoms with Gasteiger partial charge in [0, 0.05) is 19.0 Å². The molecule has 7 nitrogen and oxygen atoms in total. The van der Waals surface area contributed by atoms with Crippen molar-refractivity contribution < 1.29 is 5.11 Å². The monoisotopic (exact) mass is 294 g/mol. The predicted octanol–water partition coefficient (Wildman–Crippen LogP) is 0.0217. The van der Waals surface area contributed by atoms with Gasteiger partial charge in [0.05, 0.1) is 19.1 Å². The number of β-amino-alcohol motifs (C(OH)–C–C–N with tert-alkyl or cyclic N) is 1. The second kappa shape index (κ2) is 5.55. The number of hydrogen-bond donors (Lipinski definition) is 2. The van der Waals surface area contributed by atoms with E-state index in [9.17, 15) is 5.11 Å². The van der Waals surface area contributed by atoms with Crippen molar-refractivity contribution in [2.24, 2.45) is 5.92 Å². The number of thioether (sulfide) groups is 1. The van der Waals surface area contributed by atoms with Crippen LogP contribution in [0.3, 0.4) is 0 Å². The molecular weight excluding hydrogens is 276 g/mol. The van der Waals surface area contributed by atoms with Gasteiger partial charge < -0.3 is 15.4 Å². The zero-order valence-corrected chi connectivity index (χ0v) is 12.1. The fraction of sp³-hybridized carbons (Fsp3) is 0.583. The van der Waals surface area contributed by atoms with Crippen LogP contribution in [-0.4, -0.2) is 60.7 Å². The van der Waals surface area contributed by atoms with Gasteiger partial charge in [-0.05, 0) is 12.0 Å². The van der Waals surface area contributed by atoms with E-state index in [1.54, 1.807) is 18.1 Å². The maximum absolute atomic E-state index is 10.1. The van der Waals surface area contributed by atoms with Crippen molar-refractivity contribution in [2.75, 3.05) is 30.8 Å². The average molecular weight is 294 g/mol. The molecule has 1 aliphatic rings. The maximum atomic E-state index is 10.1. The standard InChI is InChI=1S/C12H18N6OS/c1-20-4-8-2-17(3-9(8)19)7-18-6-16-10-11(13)14-5-15-12(10)18/h5-6,8-9,19H,2-4,7H2,1H3,(H2,13,14,15)/t8?,9-/m0/s1. The number of anilines is 1. The average Bonchev–Trinajstić information content (AvgIpc) is 2.97. The minimum atomic E-state index is -0.253. The van der Waals surface area contributed by atoms with Crippen molar-refractivity contribution in [1.82, 2.24) is 24.4 Å². The minimum Gasteiger partial charge on any atom is -0.391 e. The first-order valence-electron chi connectivity index (χ1n) is 6.49. The molecule has 1 fully saturated rings. The Balaban J connectivity index is 1.76. The molecule has 3 rings (SSSR count). The summed E-state index contributed by atoms with van der Waals surface area (Å²) in [5.74, 6) is 1.72. The number of nitrogens with zero attached hydrogens (tertiary/aromatic N) is 5. The topological polar surface area (TPSA) is 93.1 Å². The summed E-state index contributed by atoms with van der Waals surface area (Å²) in [4.78, 5) is 14.6. The first-order chi connectivity index (χ1) is 9.69. The maximum Gasteiger partial charge on any atom is 0.166 e. The van der Waals surface area contributed by atoms with Gasteiger partial charge in [0.2, 0.25) is 0 Å². The van der Waals surface area contributed by atoms with Crippen LogP contribution < -0.4 is 5.73 Å². The highest BCUT2D eigenvalue weighted by molar-refractivity contribution is 7.98. The van der Waals surface area contributed by atoms with Gasteiger partial charge in [-0.2, -0.15) is 11.8 Å². The summed E-state index contributed by atoms with van der Waals surface area (Å²) < 4.78 is 1.95. The molecule has 8 heteroatoms. The third-order valence-corrected chi connectivity index (χ3v) is 4.41. The van der Waals surface area contributed by atoms with E-state index in [4.69, 9.17) is 5.73 Å². The molecule has 0 spiro atoms. The highest BCUT2D eigenvalue weighted by Crippen LogP contribution is 2.22. The summed E-state index contributed by atoms with van der Waals surface area (Å²) in [5.41, 5.74) is 7.15. The zero-order valence-electron chi connectivity index (χ0n) is 11.3. The van der Waals surface area contributed by atoms with Gasteiger partial charge in [0.1, 0.15) is 11.8 Å². The normalized spacial score (nSPS) is 23.7. The Morgan fingerprint density at radius 3 is 3.05 bits per heavy atom. The highest BCUT2D eigenvalue weighted by atomic mass is 32.2. The molecule has 2 aromatic heterocycles. The molecule has 20 heavy (non-hydrogen) atoms. The molecule has 2 atom stereocenters. The zero-order chi connectivity index (χ0) is 14.1. The van der Waals surface area contributed by atoms with E-state index in [2.05, 4.69) is 26.1 Å². The van der Waals surface area contributed by atoms with Gasteiger partial charge >= 0.3 is 0 Å². The number of likely N-dealkylation sites (tertiary alicyclic amines) is 1. The highest BCUT2D eigenvalue weighted by Gasteiger charge is 2.31. The molecule has 0 aliphatic carbocycles. The van der Waals surface area contributed by atoms with Crippen molar-refractivity contribution in [3.05, 3.63) is 12.7 Å².